The zero-order valence-corrected chi connectivity index (χ0v) is 16.2. The van der Waals surface area contributed by atoms with Gasteiger partial charge in [0.05, 0.1) is 11.3 Å². The van der Waals surface area contributed by atoms with Crippen molar-refractivity contribution in [2.24, 2.45) is 11.5 Å². The molecular weight excluding hydrogens is 392 g/mol. The smallest absolute Gasteiger partial charge is 0.321 e. The van der Waals surface area contributed by atoms with Crippen LogP contribution in [0.2, 0.25) is 0 Å². The van der Waals surface area contributed by atoms with Gasteiger partial charge in [0.15, 0.2) is 0 Å². The van der Waals surface area contributed by atoms with Crippen LogP contribution in [0, 0.1) is 0 Å². The number of hydrogen-bond donors (Lipinski definition) is 5. The van der Waals surface area contributed by atoms with E-state index in [1.165, 1.54) is 11.8 Å². The van der Waals surface area contributed by atoms with Gasteiger partial charge in [-0.3, -0.25) is 14.4 Å². The van der Waals surface area contributed by atoms with E-state index in [-0.39, 0.29) is 13.0 Å². The van der Waals surface area contributed by atoms with Crippen molar-refractivity contribution < 1.29 is 19.5 Å². The molecule has 3 rings (SSSR count). The number of H-pyrrole nitrogens is 1. The first-order valence-corrected chi connectivity index (χ1v) is 9.59. The Hall–Kier alpha value is -3.30. The van der Waals surface area contributed by atoms with Crippen LogP contribution in [0.5, 0.6) is 0 Å². The van der Waals surface area contributed by atoms with Crippen molar-refractivity contribution in [1.82, 2.24) is 10.3 Å². The third-order valence-electron chi connectivity index (χ3n) is 4.24. The molecule has 8 nitrogen and oxygen atoms in total. The number of rotatable bonds is 8. The van der Waals surface area contributed by atoms with Gasteiger partial charge in [-0.25, -0.2) is 0 Å². The van der Waals surface area contributed by atoms with Crippen molar-refractivity contribution in [2.45, 2.75) is 28.8 Å². The highest BCUT2D eigenvalue weighted by atomic mass is 32.2. The number of nitrogens with two attached hydrogens (primary N) is 2. The molecule has 0 bridgehead atoms. The fourth-order valence-corrected chi connectivity index (χ4v) is 3.85. The second kappa shape index (κ2) is 8.80. The van der Waals surface area contributed by atoms with Gasteiger partial charge >= 0.3 is 5.97 Å². The zero-order chi connectivity index (χ0) is 21.0. The molecule has 0 saturated heterocycles. The predicted molar refractivity (Wildman–Crippen MR) is 109 cm³/mol. The number of primary amides is 1. The van der Waals surface area contributed by atoms with Gasteiger partial charge in [-0.1, -0.05) is 42.1 Å². The van der Waals surface area contributed by atoms with E-state index in [9.17, 15) is 14.4 Å². The van der Waals surface area contributed by atoms with Gasteiger partial charge in [0.25, 0.3) is 5.91 Å². The normalized spacial score (nSPS) is 11.9. The highest BCUT2D eigenvalue weighted by molar-refractivity contribution is 7.99. The van der Waals surface area contributed by atoms with Crippen molar-refractivity contribution in [3.63, 3.8) is 0 Å². The summed E-state index contributed by atoms with van der Waals surface area (Å²) in [5.74, 6) is -2.24. The van der Waals surface area contributed by atoms with Crippen molar-refractivity contribution in [3.8, 4) is 0 Å². The quantitative estimate of drug-likeness (QED) is 0.381. The summed E-state index contributed by atoms with van der Waals surface area (Å²) in [4.78, 5) is 39.2. The lowest BCUT2D eigenvalue weighted by atomic mass is 10.1. The monoisotopic (exact) mass is 412 g/mol. The molecule has 9 heteroatoms. The van der Waals surface area contributed by atoms with Crippen molar-refractivity contribution in [2.75, 3.05) is 0 Å². The molecule has 0 saturated carbocycles. The standard InChI is InChI=1S/C20H20N4O4S/c21-14(20(27)28)9-16(25)23-10-11-6-7-13-15(8-11)24-17(19(22)26)18(13)29-12-4-2-1-3-5-12/h1-8,14,24H,9-10,21H2,(H2,22,26)(H,23,25)(H,27,28). The third kappa shape index (κ3) is 4.95. The van der Waals surface area contributed by atoms with Crippen LogP contribution in [0.1, 0.15) is 22.5 Å². The van der Waals surface area contributed by atoms with E-state index in [2.05, 4.69) is 10.3 Å². The first kappa shape index (κ1) is 20.4. The van der Waals surface area contributed by atoms with Crippen LogP contribution in [0.3, 0.4) is 0 Å². The third-order valence-corrected chi connectivity index (χ3v) is 5.37. The van der Waals surface area contributed by atoms with Crippen molar-refractivity contribution in [1.29, 1.82) is 0 Å². The summed E-state index contributed by atoms with van der Waals surface area (Å²) in [7, 11) is 0. The summed E-state index contributed by atoms with van der Waals surface area (Å²) >= 11 is 1.44. The largest absolute Gasteiger partial charge is 0.480 e. The van der Waals surface area contributed by atoms with Gasteiger partial charge in [0.2, 0.25) is 5.91 Å². The van der Waals surface area contributed by atoms with Crippen LogP contribution in [-0.2, 0) is 16.1 Å². The molecule has 2 amide bonds. The van der Waals surface area contributed by atoms with Gasteiger partial charge in [-0.15, -0.1) is 0 Å². The molecule has 0 radical (unpaired) electrons. The molecule has 29 heavy (non-hydrogen) atoms. The fraction of sp³-hybridized carbons (Fsp3) is 0.150. The number of hydrogen-bond acceptors (Lipinski definition) is 5. The van der Waals surface area contributed by atoms with E-state index in [1.807, 2.05) is 48.5 Å². The molecular formula is C20H20N4O4S. The molecule has 150 valence electrons. The maximum Gasteiger partial charge on any atom is 0.321 e. The molecule has 1 heterocycles. The average Bonchev–Trinajstić information content (AvgIpc) is 3.05. The minimum absolute atomic E-state index is 0.202. The lowest BCUT2D eigenvalue weighted by Gasteiger charge is -2.08. The van der Waals surface area contributed by atoms with Crippen LogP contribution in [0.4, 0.5) is 0 Å². The number of carboxylic acid groups (broad SMARTS) is 1. The van der Waals surface area contributed by atoms with E-state index in [0.717, 1.165) is 20.7 Å². The fourth-order valence-electron chi connectivity index (χ4n) is 2.77. The summed E-state index contributed by atoms with van der Waals surface area (Å²) in [6.07, 6.45) is -0.302. The zero-order valence-electron chi connectivity index (χ0n) is 15.3. The topological polar surface area (TPSA) is 151 Å². The SMILES string of the molecule is NC(=O)c1[nH]c2cc(CNC(=O)CC(N)C(=O)O)ccc2c1Sc1ccccc1. The van der Waals surface area contributed by atoms with E-state index in [1.54, 1.807) is 0 Å². The Labute approximate surface area is 170 Å². The molecule has 7 N–H and O–H groups in total. The number of carboxylic acids is 1. The maximum absolute atomic E-state index is 11.9. The van der Waals surface area contributed by atoms with Crippen molar-refractivity contribution >= 4 is 40.4 Å². The molecule has 0 aliphatic carbocycles. The minimum atomic E-state index is -1.24. The first-order chi connectivity index (χ1) is 13.8. The van der Waals surface area contributed by atoms with Crippen LogP contribution in [0.25, 0.3) is 10.9 Å². The van der Waals surface area contributed by atoms with Crippen LogP contribution >= 0.6 is 11.8 Å². The highest BCUT2D eigenvalue weighted by Crippen LogP contribution is 2.36. The summed E-state index contributed by atoms with van der Waals surface area (Å²) < 4.78 is 0. The van der Waals surface area contributed by atoms with Crippen LogP contribution < -0.4 is 16.8 Å². The van der Waals surface area contributed by atoms with Crippen molar-refractivity contribution in [3.05, 3.63) is 59.8 Å². The number of benzene rings is 2. The Kier molecular flexibility index (Phi) is 6.20. The lowest BCUT2D eigenvalue weighted by Crippen LogP contribution is -2.36. The van der Waals surface area contributed by atoms with Gasteiger partial charge in [0, 0.05) is 22.3 Å². The van der Waals surface area contributed by atoms with Crippen LogP contribution in [0.15, 0.2) is 58.3 Å². The number of aromatic nitrogens is 1. The second-order valence-corrected chi connectivity index (χ2v) is 7.50. The number of carbonyl (C=O) groups is 3. The summed E-state index contributed by atoms with van der Waals surface area (Å²) in [6, 6.07) is 13.9. The molecule has 0 fully saturated rings. The first-order valence-electron chi connectivity index (χ1n) is 8.77. The Balaban J connectivity index is 1.80. The second-order valence-electron chi connectivity index (χ2n) is 6.41. The maximum atomic E-state index is 11.9. The Morgan fingerprint density at radius 2 is 1.86 bits per heavy atom. The Morgan fingerprint density at radius 3 is 2.52 bits per heavy atom. The van der Waals surface area contributed by atoms with Gasteiger partial charge in [-0.05, 0) is 23.8 Å². The molecule has 1 aromatic heterocycles. The van der Waals surface area contributed by atoms with Gasteiger partial charge < -0.3 is 26.9 Å². The van der Waals surface area contributed by atoms with E-state index in [4.69, 9.17) is 16.6 Å². The highest BCUT2D eigenvalue weighted by Gasteiger charge is 2.18. The Morgan fingerprint density at radius 1 is 1.14 bits per heavy atom. The molecule has 3 aromatic rings. The Bertz CT molecular complexity index is 1070. The molecule has 0 aliphatic rings. The minimum Gasteiger partial charge on any atom is -0.480 e. The lowest BCUT2D eigenvalue weighted by molar-refractivity contribution is -0.140. The number of aliphatic carboxylic acids is 1. The molecule has 0 aliphatic heterocycles. The molecule has 1 atom stereocenters. The number of amides is 2. The number of aromatic amines is 1. The molecule has 1 unspecified atom stereocenters. The summed E-state index contributed by atoms with van der Waals surface area (Å²) in [5.41, 5.74) is 12.7. The number of nitrogens with one attached hydrogen (secondary N) is 2. The summed E-state index contributed by atoms with van der Waals surface area (Å²) in [6.45, 7) is 0.202. The number of carbonyl (C=O) groups excluding carboxylic acids is 2. The molecule has 2 aromatic carbocycles. The summed E-state index contributed by atoms with van der Waals surface area (Å²) in [5, 5.41) is 12.2. The van der Waals surface area contributed by atoms with Gasteiger partial charge in [-0.2, -0.15) is 0 Å². The van der Waals surface area contributed by atoms with E-state index < -0.39 is 23.8 Å². The van der Waals surface area contributed by atoms with Gasteiger partial charge in [0.1, 0.15) is 11.7 Å². The van der Waals surface area contributed by atoms with E-state index >= 15 is 0 Å². The van der Waals surface area contributed by atoms with Crippen LogP contribution in [-0.4, -0.2) is 33.9 Å². The predicted octanol–water partition coefficient (Wildman–Crippen LogP) is 1.84. The number of fused-ring (bicyclic) bond motifs is 1. The van der Waals surface area contributed by atoms with E-state index in [0.29, 0.717) is 11.2 Å². The molecule has 0 spiro atoms. The average molecular weight is 412 g/mol.